The molecular weight excluding hydrogens is 310 g/mol. The summed E-state index contributed by atoms with van der Waals surface area (Å²) in [7, 11) is 0. The normalized spacial score (nSPS) is 9.95. The van der Waals surface area contributed by atoms with E-state index in [1.165, 1.54) is 12.1 Å². The average Bonchev–Trinajstić information content (AvgIpc) is 2.91. The second kappa shape index (κ2) is 6.55. The van der Waals surface area contributed by atoms with E-state index in [4.69, 9.17) is 11.0 Å². The van der Waals surface area contributed by atoms with Crippen molar-refractivity contribution in [3.8, 4) is 6.07 Å². The van der Waals surface area contributed by atoms with Crippen molar-refractivity contribution in [3.05, 3.63) is 33.9 Å². The number of hydrogen-bond donors (Lipinski definition) is 3. The molecular formula is C11H9N7O3S. The van der Waals surface area contributed by atoms with Gasteiger partial charge in [-0.25, -0.2) is 5.10 Å². The summed E-state index contributed by atoms with van der Waals surface area (Å²) in [6.07, 6.45) is 0. The molecule has 0 spiro atoms. The number of rotatable bonds is 5. The second-order valence-electron chi connectivity index (χ2n) is 3.94. The predicted octanol–water partition coefficient (Wildman–Crippen LogP) is 0.898. The zero-order chi connectivity index (χ0) is 16.1. The number of non-ortho nitro benzene ring substituents is 1. The summed E-state index contributed by atoms with van der Waals surface area (Å²) in [5, 5.41) is 28.6. The third-order valence-electron chi connectivity index (χ3n) is 2.42. The summed E-state index contributed by atoms with van der Waals surface area (Å²) in [4.78, 5) is 25.7. The number of nitrogens with two attached hydrogens (primary N) is 1. The number of nitro groups is 1. The predicted molar refractivity (Wildman–Crippen MR) is 78.0 cm³/mol. The van der Waals surface area contributed by atoms with E-state index in [1.807, 2.05) is 0 Å². The van der Waals surface area contributed by atoms with Crippen molar-refractivity contribution >= 4 is 35.0 Å². The number of carbonyl (C=O) groups excluding carboxylic acids is 1. The number of carbonyl (C=O) groups is 1. The van der Waals surface area contributed by atoms with E-state index >= 15 is 0 Å². The molecule has 0 unspecified atom stereocenters. The van der Waals surface area contributed by atoms with Gasteiger partial charge < -0.3 is 11.1 Å². The maximum absolute atomic E-state index is 11.8. The molecule has 0 saturated carbocycles. The molecule has 11 heteroatoms. The minimum atomic E-state index is -0.615. The maximum Gasteiger partial charge on any atom is 0.270 e. The van der Waals surface area contributed by atoms with Crippen LogP contribution in [0.4, 0.5) is 17.3 Å². The highest BCUT2D eigenvalue weighted by Gasteiger charge is 2.13. The molecule has 1 heterocycles. The number of hydrogen-bond acceptors (Lipinski definition) is 8. The molecule has 4 N–H and O–H groups in total. The fourth-order valence-electron chi connectivity index (χ4n) is 1.49. The van der Waals surface area contributed by atoms with Crippen LogP contribution in [-0.2, 0) is 4.79 Å². The van der Waals surface area contributed by atoms with Crippen LogP contribution in [0.2, 0.25) is 0 Å². The molecule has 0 aliphatic heterocycles. The molecule has 2 aromatic rings. The number of H-pyrrole nitrogens is 1. The first-order chi connectivity index (χ1) is 10.5. The third-order valence-corrected chi connectivity index (χ3v) is 3.27. The van der Waals surface area contributed by atoms with Crippen LogP contribution in [0.25, 0.3) is 0 Å². The Labute approximate surface area is 127 Å². The van der Waals surface area contributed by atoms with Crippen molar-refractivity contribution in [3.63, 3.8) is 0 Å². The number of thioether (sulfide) groups is 1. The molecule has 0 fully saturated rings. The average molecular weight is 319 g/mol. The zero-order valence-electron chi connectivity index (χ0n) is 10.9. The topological polar surface area (TPSA) is 164 Å². The monoisotopic (exact) mass is 319 g/mol. The number of nitrogens with zero attached hydrogens (tertiary/aromatic N) is 4. The first-order valence-electron chi connectivity index (χ1n) is 5.78. The number of nitro benzene ring substituents is 1. The highest BCUT2D eigenvalue weighted by Crippen LogP contribution is 2.22. The summed E-state index contributed by atoms with van der Waals surface area (Å²) in [6.45, 7) is 0. The Balaban J connectivity index is 2.02. The molecule has 112 valence electrons. The van der Waals surface area contributed by atoms with Gasteiger partial charge in [0.2, 0.25) is 17.0 Å². The SMILES string of the molecule is N#Cc1cc([N+](=O)[O-])ccc1NC(=O)CSc1n[nH]c(N)n1. The number of anilines is 2. The maximum atomic E-state index is 11.8. The molecule has 1 amide bonds. The summed E-state index contributed by atoms with van der Waals surface area (Å²) < 4.78 is 0. The zero-order valence-corrected chi connectivity index (χ0v) is 11.8. The van der Waals surface area contributed by atoms with Crippen molar-refractivity contribution in [2.45, 2.75) is 5.16 Å². The Kier molecular flexibility index (Phi) is 4.54. The lowest BCUT2D eigenvalue weighted by atomic mass is 10.1. The number of benzene rings is 1. The summed E-state index contributed by atoms with van der Waals surface area (Å²) >= 11 is 1.05. The lowest BCUT2D eigenvalue weighted by Gasteiger charge is -2.05. The van der Waals surface area contributed by atoms with Crippen LogP contribution in [0, 0.1) is 21.4 Å². The van der Waals surface area contributed by atoms with Crippen LogP contribution < -0.4 is 11.1 Å². The van der Waals surface area contributed by atoms with E-state index < -0.39 is 10.8 Å². The van der Waals surface area contributed by atoms with Crippen LogP contribution in [0.1, 0.15) is 5.56 Å². The molecule has 1 aromatic carbocycles. The van der Waals surface area contributed by atoms with Gasteiger partial charge in [-0.3, -0.25) is 14.9 Å². The van der Waals surface area contributed by atoms with Gasteiger partial charge in [0.05, 0.1) is 21.9 Å². The van der Waals surface area contributed by atoms with Gasteiger partial charge in [0.1, 0.15) is 6.07 Å². The quantitative estimate of drug-likeness (QED) is 0.415. The smallest absolute Gasteiger partial charge is 0.270 e. The summed E-state index contributed by atoms with van der Waals surface area (Å²) in [5.41, 5.74) is 5.34. The molecule has 10 nitrogen and oxygen atoms in total. The largest absolute Gasteiger partial charge is 0.368 e. The van der Waals surface area contributed by atoms with E-state index in [-0.39, 0.29) is 28.6 Å². The minimum absolute atomic E-state index is 0.000844. The number of aromatic nitrogens is 3. The molecule has 0 radical (unpaired) electrons. The Morgan fingerprint density at radius 2 is 2.36 bits per heavy atom. The van der Waals surface area contributed by atoms with E-state index in [0.29, 0.717) is 5.16 Å². The van der Waals surface area contributed by atoms with Crippen LogP contribution in [-0.4, -0.2) is 31.8 Å². The fraction of sp³-hybridized carbons (Fsp3) is 0.0909. The van der Waals surface area contributed by atoms with Gasteiger partial charge in [-0.2, -0.15) is 10.2 Å². The number of aromatic amines is 1. The Bertz CT molecular complexity index is 767. The van der Waals surface area contributed by atoms with E-state index in [1.54, 1.807) is 6.07 Å². The molecule has 0 saturated heterocycles. The van der Waals surface area contributed by atoms with Crippen molar-refractivity contribution < 1.29 is 9.72 Å². The molecule has 1 aromatic heterocycles. The summed E-state index contributed by atoms with van der Waals surface area (Å²) in [6, 6.07) is 5.41. The highest BCUT2D eigenvalue weighted by molar-refractivity contribution is 7.99. The van der Waals surface area contributed by atoms with Crippen LogP contribution in [0.3, 0.4) is 0 Å². The molecule has 0 aliphatic carbocycles. The van der Waals surface area contributed by atoms with Gasteiger partial charge in [0.15, 0.2) is 0 Å². The minimum Gasteiger partial charge on any atom is -0.368 e. The lowest BCUT2D eigenvalue weighted by molar-refractivity contribution is -0.384. The van der Waals surface area contributed by atoms with Gasteiger partial charge in [-0.05, 0) is 6.07 Å². The number of nitrogens with one attached hydrogen (secondary N) is 2. The molecule has 22 heavy (non-hydrogen) atoms. The van der Waals surface area contributed by atoms with Gasteiger partial charge in [0.25, 0.3) is 5.69 Å². The third kappa shape index (κ3) is 3.70. The fourth-order valence-corrected chi connectivity index (χ4v) is 2.09. The second-order valence-corrected chi connectivity index (χ2v) is 4.88. The Morgan fingerprint density at radius 3 is 2.95 bits per heavy atom. The van der Waals surface area contributed by atoms with Crippen molar-refractivity contribution in [1.29, 1.82) is 5.26 Å². The van der Waals surface area contributed by atoms with Gasteiger partial charge in [0, 0.05) is 12.1 Å². The Hall–Kier alpha value is -3.13. The lowest BCUT2D eigenvalue weighted by Crippen LogP contribution is -2.15. The van der Waals surface area contributed by atoms with E-state index in [0.717, 1.165) is 17.8 Å². The molecule has 2 rings (SSSR count). The van der Waals surface area contributed by atoms with E-state index in [2.05, 4.69) is 20.5 Å². The van der Waals surface area contributed by atoms with Crippen molar-refractivity contribution in [2.24, 2.45) is 0 Å². The van der Waals surface area contributed by atoms with Crippen LogP contribution in [0.15, 0.2) is 23.4 Å². The van der Waals surface area contributed by atoms with Crippen LogP contribution in [0.5, 0.6) is 0 Å². The first kappa shape index (κ1) is 15.3. The van der Waals surface area contributed by atoms with Gasteiger partial charge in [-0.1, -0.05) is 11.8 Å². The van der Waals surface area contributed by atoms with Gasteiger partial charge >= 0.3 is 0 Å². The van der Waals surface area contributed by atoms with E-state index in [9.17, 15) is 14.9 Å². The van der Waals surface area contributed by atoms with Gasteiger partial charge in [-0.15, -0.1) is 5.10 Å². The first-order valence-corrected chi connectivity index (χ1v) is 6.77. The Morgan fingerprint density at radius 1 is 1.59 bits per heavy atom. The summed E-state index contributed by atoms with van der Waals surface area (Å²) in [5.74, 6) is -0.261. The highest BCUT2D eigenvalue weighted by atomic mass is 32.2. The molecule has 0 bridgehead atoms. The van der Waals surface area contributed by atoms with Crippen molar-refractivity contribution in [2.75, 3.05) is 16.8 Å². The molecule has 0 atom stereocenters. The standard InChI is InChI=1S/C11H9N7O3S/c12-4-6-3-7(18(20)21)1-2-8(6)14-9(19)5-22-11-15-10(13)16-17-11/h1-3H,5H2,(H,14,19)(H3,13,15,16,17). The number of nitriles is 1. The molecule has 0 aliphatic rings. The number of nitrogen functional groups attached to an aromatic ring is 1. The van der Waals surface area contributed by atoms with Crippen LogP contribution >= 0.6 is 11.8 Å². The number of amides is 1. The van der Waals surface area contributed by atoms with Crippen molar-refractivity contribution in [1.82, 2.24) is 15.2 Å².